The lowest BCUT2D eigenvalue weighted by atomic mass is 10.2. The largest absolute Gasteiger partial charge is 0.478 e. The van der Waals surface area contributed by atoms with Crippen molar-refractivity contribution < 1.29 is 29.3 Å². The van der Waals surface area contributed by atoms with E-state index in [0.29, 0.717) is 23.0 Å². The van der Waals surface area contributed by atoms with Gasteiger partial charge in [-0.15, -0.1) is 0 Å². The first-order valence-corrected chi connectivity index (χ1v) is 10.7. The highest BCUT2D eigenvalue weighted by molar-refractivity contribution is 7.99. The average Bonchev–Trinajstić information content (AvgIpc) is 2.82. The summed E-state index contributed by atoms with van der Waals surface area (Å²) in [5.74, 6) is 0.123. The number of hydrogen-bond donors (Lipinski definition) is 2. The van der Waals surface area contributed by atoms with Crippen LogP contribution in [0, 0.1) is 0 Å². The highest BCUT2D eigenvalue weighted by atomic mass is 32.2. The third-order valence-corrected chi connectivity index (χ3v) is 5.53. The van der Waals surface area contributed by atoms with Crippen molar-refractivity contribution >= 4 is 23.7 Å². The number of benzene rings is 4. The predicted molar refractivity (Wildman–Crippen MR) is 124 cm³/mol. The molecule has 0 unspecified atom stereocenters. The Balaban J connectivity index is 1.37. The molecular weight excluding hydrogens is 440 g/mol. The molecule has 2 N–H and O–H groups in total. The first-order chi connectivity index (χ1) is 16.0. The van der Waals surface area contributed by atoms with Gasteiger partial charge in [-0.05, 0) is 84.9 Å². The quantitative estimate of drug-likeness (QED) is 0.299. The van der Waals surface area contributed by atoms with Gasteiger partial charge in [0.05, 0.1) is 11.1 Å². The maximum Gasteiger partial charge on any atom is 0.335 e. The standard InChI is InChI=1S/C26H18O6S/c27-25(28)17-3-1-5-21(15-17)31-19-7-11-23(12-8-19)33-24-13-9-20(10-14-24)32-22-6-2-4-18(16-22)26(29)30/h1-16H,(H,27,28)(H,29,30). The molecule has 0 aliphatic heterocycles. The zero-order valence-electron chi connectivity index (χ0n) is 17.2. The molecular formula is C26H18O6S. The van der Waals surface area contributed by atoms with Gasteiger partial charge in [-0.2, -0.15) is 0 Å². The van der Waals surface area contributed by atoms with Crippen molar-refractivity contribution in [2.45, 2.75) is 9.79 Å². The summed E-state index contributed by atoms with van der Waals surface area (Å²) in [5.41, 5.74) is 0.336. The Bertz CT molecular complexity index is 1180. The van der Waals surface area contributed by atoms with Gasteiger partial charge >= 0.3 is 11.9 Å². The van der Waals surface area contributed by atoms with E-state index in [0.717, 1.165) is 9.79 Å². The van der Waals surface area contributed by atoms with Crippen LogP contribution >= 0.6 is 11.8 Å². The first-order valence-electron chi connectivity index (χ1n) is 9.87. The number of carboxylic acid groups (broad SMARTS) is 2. The van der Waals surface area contributed by atoms with Gasteiger partial charge in [0, 0.05) is 9.79 Å². The summed E-state index contributed by atoms with van der Waals surface area (Å²) in [4.78, 5) is 24.2. The molecule has 0 saturated heterocycles. The molecule has 7 heteroatoms. The lowest BCUT2D eigenvalue weighted by Crippen LogP contribution is -1.96. The lowest BCUT2D eigenvalue weighted by molar-refractivity contribution is 0.0686. The molecule has 0 fully saturated rings. The van der Waals surface area contributed by atoms with Gasteiger partial charge in [0.2, 0.25) is 0 Å². The highest BCUT2D eigenvalue weighted by Gasteiger charge is 2.07. The zero-order valence-corrected chi connectivity index (χ0v) is 18.0. The average molecular weight is 458 g/mol. The minimum absolute atomic E-state index is 0.168. The van der Waals surface area contributed by atoms with Crippen LogP contribution in [0.1, 0.15) is 20.7 Å². The van der Waals surface area contributed by atoms with Crippen LogP contribution < -0.4 is 9.47 Å². The van der Waals surface area contributed by atoms with Crippen molar-refractivity contribution in [1.29, 1.82) is 0 Å². The van der Waals surface area contributed by atoms with Crippen LogP contribution in [0.3, 0.4) is 0 Å². The molecule has 0 radical (unpaired) electrons. The van der Waals surface area contributed by atoms with Crippen molar-refractivity contribution in [3.05, 3.63) is 108 Å². The van der Waals surface area contributed by atoms with Crippen molar-refractivity contribution in [3.63, 3.8) is 0 Å². The van der Waals surface area contributed by atoms with E-state index in [1.165, 1.54) is 24.3 Å². The lowest BCUT2D eigenvalue weighted by Gasteiger charge is -2.09. The molecule has 0 atom stereocenters. The van der Waals surface area contributed by atoms with Crippen LogP contribution in [-0.4, -0.2) is 22.2 Å². The Kier molecular flexibility index (Phi) is 6.61. The maximum absolute atomic E-state index is 11.1. The predicted octanol–water partition coefficient (Wildman–Crippen LogP) is 6.82. The summed E-state index contributed by atoms with van der Waals surface area (Å²) < 4.78 is 11.5. The highest BCUT2D eigenvalue weighted by Crippen LogP contribution is 2.32. The molecule has 0 aromatic heterocycles. The summed E-state index contributed by atoms with van der Waals surface area (Å²) in [6.45, 7) is 0. The third-order valence-electron chi connectivity index (χ3n) is 4.52. The van der Waals surface area contributed by atoms with E-state index in [1.54, 1.807) is 36.0 Å². The third kappa shape index (κ3) is 5.93. The van der Waals surface area contributed by atoms with Gasteiger partial charge < -0.3 is 19.7 Å². The van der Waals surface area contributed by atoms with Gasteiger partial charge in [-0.25, -0.2) is 9.59 Å². The number of ether oxygens (including phenoxy) is 2. The topological polar surface area (TPSA) is 93.1 Å². The SMILES string of the molecule is O=C(O)c1cccc(Oc2ccc(Sc3ccc(Oc4cccc(C(=O)O)c4)cc3)cc2)c1. The fourth-order valence-electron chi connectivity index (χ4n) is 2.94. The van der Waals surface area contributed by atoms with E-state index < -0.39 is 11.9 Å². The number of carboxylic acids is 2. The van der Waals surface area contributed by atoms with Gasteiger partial charge in [0.1, 0.15) is 23.0 Å². The van der Waals surface area contributed by atoms with Crippen LogP contribution in [0.4, 0.5) is 0 Å². The molecule has 4 aromatic rings. The normalized spacial score (nSPS) is 10.4. The molecule has 0 saturated carbocycles. The second-order valence-corrected chi connectivity index (χ2v) is 8.06. The van der Waals surface area contributed by atoms with Crippen LogP contribution in [0.25, 0.3) is 0 Å². The molecule has 0 aliphatic carbocycles. The van der Waals surface area contributed by atoms with Gasteiger partial charge in [-0.1, -0.05) is 23.9 Å². The first kappa shape index (κ1) is 22.0. The smallest absolute Gasteiger partial charge is 0.335 e. The van der Waals surface area contributed by atoms with Gasteiger partial charge in [0.25, 0.3) is 0 Å². The fraction of sp³-hybridized carbons (Fsp3) is 0. The second kappa shape index (κ2) is 9.93. The van der Waals surface area contributed by atoms with E-state index in [-0.39, 0.29) is 11.1 Å². The Hall–Kier alpha value is -4.23. The number of hydrogen-bond acceptors (Lipinski definition) is 5. The summed E-state index contributed by atoms with van der Waals surface area (Å²) in [7, 11) is 0. The number of rotatable bonds is 8. The maximum atomic E-state index is 11.1. The molecule has 33 heavy (non-hydrogen) atoms. The molecule has 0 aliphatic rings. The van der Waals surface area contributed by atoms with Crippen LogP contribution in [0.2, 0.25) is 0 Å². The fourth-order valence-corrected chi connectivity index (χ4v) is 3.76. The molecule has 164 valence electrons. The van der Waals surface area contributed by atoms with Gasteiger partial charge in [0.15, 0.2) is 0 Å². The van der Waals surface area contributed by atoms with Crippen molar-refractivity contribution in [2.24, 2.45) is 0 Å². The minimum atomic E-state index is -1.00. The summed E-state index contributed by atoms with van der Waals surface area (Å²) in [6, 6.07) is 27.6. The number of carbonyl (C=O) groups is 2. The second-order valence-electron chi connectivity index (χ2n) is 6.91. The Morgan fingerprint density at radius 2 is 0.939 bits per heavy atom. The van der Waals surface area contributed by atoms with Crippen LogP contribution in [-0.2, 0) is 0 Å². The summed E-state index contributed by atoms with van der Waals surface area (Å²) in [6.07, 6.45) is 0. The van der Waals surface area contributed by atoms with E-state index in [2.05, 4.69) is 0 Å². The molecule has 4 aromatic carbocycles. The minimum Gasteiger partial charge on any atom is -0.478 e. The van der Waals surface area contributed by atoms with Crippen molar-refractivity contribution in [2.75, 3.05) is 0 Å². The molecule has 0 spiro atoms. The van der Waals surface area contributed by atoms with Crippen molar-refractivity contribution in [1.82, 2.24) is 0 Å². The summed E-state index contributed by atoms with van der Waals surface area (Å²) in [5, 5.41) is 18.2. The zero-order chi connectivity index (χ0) is 23.2. The number of aromatic carboxylic acids is 2. The molecule has 0 amide bonds. The summed E-state index contributed by atoms with van der Waals surface area (Å²) >= 11 is 1.56. The molecule has 4 rings (SSSR count). The molecule has 6 nitrogen and oxygen atoms in total. The monoisotopic (exact) mass is 458 g/mol. The van der Waals surface area contributed by atoms with E-state index in [1.807, 2.05) is 48.5 Å². The Morgan fingerprint density at radius 3 is 1.30 bits per heavy atom. The van der Waals surface area contributed by atoms with E-state index in [4.69, 9.17) is 19.7 Å². The van der Waals surface area contributed by atoms with Crippen LogP contribution in [0.5, 0.6) is 23.0 Å². The van der Waals surface area contributed by atoms with Gasteiger partial charge in [-0.3, -0.25) is 0 Å². The van der Waals surface area contributed by atoms with Crippen molar-refractivity contribution in [3.8, 4) is 23.0 Å². The Morgan fingerprint density at radius 1 is 0.545 bits per heavy atom. The van der Waals surface area contributed by atoms with Crippen LogP contribution in [0.15, 0.2) is 107 Å². The van der Waals surface area contributed by atoms with E-state index >= 15 is 0 Å². The molecule has 0 bridgehead atoms. The van der Waals surface area contributed by atoms with E-state index in [9.17, 15) is 9.59 Å². The Labute approximate surface area is 194 Å². The molecule has 0 heterocycles.